The summed E-state index contributed by atoms with van der Waals surface area (Å²) in [6.45, 7) is 3.23. The lowest BCUT2D eigenvalue weighted by Gasteiger charge is -2.14. The van der Waals surface area contributed by atoms with Crippen molar-refractivity contribution in [3.8, 4) is 0 Å². The van der Waals surface area contributed by atoms with Crippen LogP contribution in [0.25, 0.3) is 0 Å². The summed E-state index contributed by atoms with van der Waals surface area (Å²) in [7, 11) is 0. The molecule has 1 aliphatic rings. The molecule has 0 aromatic rings. The summed E-state index contributed by atoms with van der Waals surface area (Å²) in [4.78, 5) is 19.7. The molecule has 0 aliphatic heterocycles. The quantitative estimate of drug-likeness (QED) is 0.606. The van der Waals surface area contributed by atoms with Gasteiger partial charge in [0.2, 0.25) is 0 Å². The van der Waals surface area contributed by atoms with E-state index in [0.29, 0.717) is 11.7 Å². The van der Waals surface area contributed by atoms with Crippen molar-refractivity contribution in [2.75, 3.05) is 0 Å². The molecule has 1 atom stereocenters. The third kappa shape index (κ3) is 7.25. The summed E-state index contributed by atoms with van der Waals surface area (Å²) in [5, 5.41) is 7.42. The minimum Gasteiger partial charge on any atom is -0.481 e. The Bertz CT molecular complexity index is 159. The van der Waals surface area contributed by atoms with Crippen LogP contribution in [0.5, 0.6) is 0 Å². The van der Waals surface area contributed by atoms with E-state index in [0.717, 1.165) is 26.2 Å². The van der Waals surface area contributed by atoms with E-state index in [1.54, 1.807) is 0 Å². The van der Waals surface area contributed by atoms with Crippen molar-refractivity contribution in [2.24, 2.45) is 5.92 Å². The standard InChI is InChI=1S/C7H12O.C2H4O2/c1-6-3-2-4-7(8)5-6;1-2(3)4/h6H,2-5H2,1H3;1H3,(H,3,4). The minimum atomic E-state index is -0.833. The Morgan fingerprint density at radius 1 is 1.58 bits per heavy atom. The predicted molar refractivity (Wildman–Crippen MR) is 45.9 cm³/mol. The highest BCUT2D eigenvalue weighted by Gasteiger charge is 2.14. The molecule has 0 aromatic heterocycles. The SMILES string of the molecule is CC(=O)O.CC1CCCC(=O)C1. The smallest absolute Gasteiger partial charge is 0.300 e. The lowest BCUT2D eigenvalue weighted by atomic mass is 9.90. The van der Waals surface area contributed by atoms with Crippen LogP contribution in [-0.2, 0) is 9.59 Å². The maximum absolute atomic E-state index is 10.7. The number of Topliss-reactive ketones (excluding diaryl/α,β-unsaturated/α-hetero) is 1. The molecule has 0 radical (unpaired) electrons. The number of carbonyl (C=O) groups is 2. The van der Waals surface area contributed by atoms with Gasteiger partial charge in [-0.1, -0.05) is 6.92 Å². The predicted octanol–water partition coefficient (Wildman–Crippen LogP) is 1.86. The van der Waals surface area contributed by atoms with Crippen LogP contribution in [0, 0.1) is 5.92 Å². The fraction of sp³-hybridized carbons (Fsp3) is 0.778. The molecule has 12 heavy (non-hydrogen) atoms. The van der Waals surface area contributed by atoms with Gasteiger partial charge < -0.3 is 5.11 Å². The van der Waals surface area contributed by atoms with Gasteiger partial charge in [0.05, 0.1) is 0 Å². The van der Waals surface area contributed by atoms with Gasteiger partial charge in [-0.25, -0.2) is 0 Å². The summed E-state index contributed by atoms with van der Waals surface area (Å²) in [6, 6.07) is 0. The molecule has 3 nitrogen and oxygen atoms in total. The van der Waals surface area contributed by atoms with Gasteiger partial charge in [-0.3, -0.25) is 9.59 Å². The second kappa shape index (κ2) is 5.75. The Balaban J connectivity index is 0.000000261. The third-order valence-corrected chi connectivity index (χ3v) is 1.73. The maximum Gasteiger partial charge on any atom is 0.300 e. The molecule has 0 saturated heterocycles. The first kappa shape index (κ1) is 11.1. The van der Waals surface area contributed by atoms with Crippen molar-refractivity contribution in [2.45, 2.75) is 39.5 Å². The van der Waals surface area contributed by atoms with Crippen molar-refractivity contribution in [1.29, 1.82) is 0 Å². The molecule has 70 valence electrons. The van der Waals surface area contributed by atoms with E-state index < -0.39 is 5.97 Å². The number of carboxylic acids is 1. The van der Waals surface area contributed by atoms with E-state index in [9.17, 15) is 4.79 Å². The van der Waals surface area contributed by atoms with Gasteiger partial charge in [-0.15, -0.1) is 0 Å². The van der Waals surface area contributed by atoms with Crippen LogP contribution >= 0.6 is 0 Å². The van der Waals surface area contributed by atoms with Gasteiger partial charge in [0.15, 0.2) is 0 Å². The molecule has 3 heteroatoms. The van der Waals surface area contributed by atoms with Crippen LogP contribution in [0.4, 0.5) is 0 Å². The average molecular weight is 172 g/mol. The fourth-order valence-electron chi connectivity index (χ4n) is 1.24. The highest BCUT2D eigenvalue weighted by atomic mass is 16.4. The number of aliphatic carboxylic acids is 1. The van der Waals surface area contributed by atoms with Gasteiger partial charge in [0.25, 0.3) is 5.97 Å². The number of rotatable bonds is 0. The molecule has 0 aromatic carbocycles. The molecule has 1 fully saturated rings. The molecule has 0 bridgehead atoms. The maximum atomic E-state index is 10.7. The Morgan fingerprint density at radius 2 is 2.08 bits per heavy atom. The van der Waals surface area contributed by atoms with E-state index in [-0.39, 0.29) is 0 Å². The topological polar surface area (TPSA) is 54.4 Å². The van der Waals surface area contributed by atoms with Crippen LogP contribution in [0.1, 0.15) is 39.5 Å². The number of carbonyl (C=O) groups excluding carboxylic acids is 1. The summed E-state index contributed by atoms with van der Waals surface area (Å²) in [5.74, 6) is 0.292. The largest absolute Gasteiger partial charge is 0.481 e. The number of hydrogen-bond acceptors (Lipinski definition) is 2. The average Bonchev–Trinajstić information content (AvgIpc) is 1.84. The van der Waals surface area contributed by atoms with Crippen LogP contribution in [0.15, 0.2) is 0 Å². The second-order valence-corrected chi connectivity index (χ2v) is 3.26. The molecule has 0 amide bonds. The second-order valence-electron chi connectivity index (χ2n) is 3.26. The van der Waals surface area contributed by atoms with Gasteiger partial charge in [0, 0.05) is 19.8 Å². The lowest BCUT2D eigenvalue weighted by molar-refractivity contribution is -0.134. The van der Waals surface area contributed by atoms with E-state index in [1.165, 1.54) is 6.42 Å². The van der Waals surface area contributed by atoms with Gasteiger partial charge in [-0.05, 0) is 18.8 Å². The Labute approximate surface area is 72.8 Å². The van der Waals surface area contributed by atoms with Gasteiger partial charge in [-0.2, -0.15) is 0 Å². The summed E-state index contributed by atoms with van der Waals surface area (Å²) in [6.07, 6.45) is 4.05. The normalized spacial score (nSPS) is 22.5. The van der Waals surface area contributed by atoms with Crippen molar-refractivity contribution in [3.63, 3.8) is 0 Å². The number of carboxylic acid groups (broad SMARTS) is 1. The molecule has 0 spiro atoms. The first-order valence-corrected chi connectivity index (χ1v) is 4.23. The van der Waals surface area contributed by atoms with Crippen molar-refractivity contribution < 1.29 is 14.7 Å². The van der Waals surface area contributed by atoms with Crippen LogP contribution < -0.4 is 0 Å². The van der Waals surface area contributed by atoms with Crippen molar-refractivity contribution >= 4 is 11.8 Å². The molecular formula is C9H16O3. The molecule has 0 heterocycles. The molecule has 1 saturated carbocycles. The molecule has 1 unspecified atom stereocenters. The summed E-state index contributed by atoms with van der Waals surface area (Å²) >= 11 is 0. The van der Waals surface area contributed by atoms with Crippen molar-refractivity contribution in [1.82, 2.24) is 0 Å². The highest BCUT2D eigenvalue weighted by Crippen LogP contribution is 2.19. The highest BCUT2D eigenvalue weighted by molar-refractivity contribution is 5.79. The fourth-order valence-corrected chi connectivity index (χ4v) is 1.24. The van der Waals surface area contributed by atoms with E-state index in [4.69, 9.17) is 9.90 Å². The number of hydrogen-bond donors (Lipinski definition) is 1. The third-order valence-electron chi connectivity index (χ3n) is 1.73. The van der Waals surface area contributed by atoms with Crippen LogP contribution in [0.2, 0.25) is 0 Å². The van der Waals surface area contributed by atoms with Gasteiger partial charge >= 0.3 is 0 Å². The van der Waals surface area contributed by atoms with E-state index in [1.807, 2.05) is 0 Å². The summed E-state index contributed by atoms with van der Waals surface area (Å²) in [5.41, 5.74) is 0. The zero-order chi connectivity index (χ0) is 9.56. The molecule has 1 N–H and O–H groups in total. The zero-order valence-corrected chi connectivity index (χ0v) is 7.67. The van der Waals surface area contributed by atoms with Crippen LogP contribution in [-0.4, -0.2) is 16.9 Å². The minimum absolute atomic E-state index is 0.462. The molecule has 1 aliphatic carbocycles. The monoisotopic (exact) mass is 172 g/mol. The zero-order valence-electron chi connectivity index (χ0n) is 7.67. The Kier molecular flexibility index (Phi) is 5.34. The Morgan fingerprint density at radius 3 is 2.33 bits per heavy atom. The first-order valence-electron chi connectivity index (χ1n) is 4.23. The first-order chi connectivity index (χ1) is 5.52. The molecule has 1 rings (SSSR count). The van der Waals surface area contributed by atoms with Crippen LogP contribution in [0.3, 0.4) is 0 Å². The van der Waals surface area contributed by atoms with Crippen molar-refractivity contribution in [3.05, 3.63) is 0 Å². The Hall–Kier alpha value is -0.860. The summed E-state index contributed by atoms with van der Waals surface area (Å²) < 4.78 is 0. The van der Waals surface area contributed by atoms with Gasteiger partial charge in [0.1, 0.15) is 5.78 Å². The number of ketones is 1. The lowest BCUT2D eigenvalue weighted by Crippen LogP contribution is -2.11. The molecular weight excluding hydrogens is 156 g/mol. The van der Waals surface area contributed by atoms with E-state index in [2.05, 4.69) is 6.92 Å². The van der Waals surface area contributed by atoms with E-state index >= 15 is 0 Å².